The van der Waals surface area contributed by atoms with Gasteiger partial charge in [-0.15, -0.1) is 0 Å². The van der Waals surface area contributed by atoms with E-state index in [0.29, 0.717) is 11.0 Å². The molecule has 0 amide bonds. The molecule has 1 fully saturated rings. The van der Waals surface area contributed by atoms with Crippen LogP contribution in [0.15, 0.2) is 54.6 Å². The van der Waals surface area contributed by atoms with Gasteiger partial charge in [-0.2, -0.15) is 4.98 Å². The summed E-state index contributed by atoms with van der Waals surface area (Å²) in [6.07, 6.45) is 0. The summed E-state index contributed by atoms with van der Waals surface area (Å²) >= 11 is 6.24. The Morgan fingerprint density at radius 2 is 1.61 bits per heavy atom. The minimum atomic E-state index is -0.214. The van der Waals surface area contributed by atoms with E-state index in [1.165, 1.54) is 12.1 Å². The Hall–Kier alpha value is -2.86. The number of anilines is 4. The van der Waals surface area contributed by atoms with Crippen molar-refractivity contribution in [3.05, 3.63) is 71.1 Å². The van der Waals surface area contributed by atoms with Crippen LogP contribution >= 0.6 is 11.6 Å². The number of aromatic nitrogens is 2. The molecule has 5 nitrogen and oxygen atoms in total. The molecule has 1 aromatic heterocycles. The first kappa shape index (κ1) is 18.5. The number of piperazine rings is 1. The topological polar surface area (TPSA) is 44.3 Å². The van der Waals surface area contributed by atoms with Gasteiger partial charge in [0.1, 0.15) is 11.6 Å². The van der Waals surface area contributed by atoms with Crippen molar-refractivity contribution in [3.8, 4) is 0 Å². The number of aryl methyl sites for hydroxylation is 1. The highest BCUT2D eigenvalue weighted by atomic mass is 35.5. The van der Waals surface area contributed by atoms with Crippen LogP contribution < -0.4 is 15.1 Å². The third kappa shape index (κ3) is 4.17. The maximum absolute atomic E-state index is 13.1. The maximum Gasteiger partial charge on any atom is 0.227 e. The number of hydrogen-bond donors (Lipinski definition) is 1. The third-order valence-corrected chi connectivity index (χ3v) is 5.06. The fourth-order valence-electron chi connectivity index (χ4n) is 3.28. The quantitative estimate of drug-likeness (QED) is 0.694. The number of para-hydroxylation sites is 1. The van der Waals surface area contributed by atoms with E-state index >= 15 is 0 Å². The molecule has 1 aliphatic rings. The number of hydrogen-bond acceptors (Lipinski definition) is 5. The SMILES string of the molecule is Cc1cc(Nc2ccccc2Cl)nc(N2CCN(c3ccc(F)cc3)CC2)n1. The van der Waals surface area contributed by atoms with E-state index in [1.54, 1.807) is 0 Å². The van der Waals surface area contributed by atoms with Gasteiger partial charge in [-0.1, -0.05) is 23.7 Å². The summed E-state index contributed by atoms with van der Waals surface area (Å²) in [5.74, 6) is 1.21. The highest BCUT2D eigenvalue weighted by molar-refractivity contribution is 6.33. The van der Waals surface area contributed by atoms with Gasteiger partial charge < -0.3 is 15.1 Å². The standard InChI is InChI=1S/C21H21ClFN5/c1-15-14-20(25-19-5-3-2-4-18(19)22)26-21(24-15)28-12-10-27(11-13-28)17-8-6-16(23)7-9-17/h2-9,14H,10-13H2,1H3,(H,24,25,26). The van der Waals surface area contributed by atoms with Crippen LogP contribution in [0, 0.1) is 12.7 Å². The van der Waals surface area contributed by atoms with Crippen LogP contribution in [0.3, 0.4) is 0 Å². The van der Waals surface area contributed by atoms with Crippen molar-refractivity contribution in [2.75, 3.05) is 41.3 Å². The highest BCUT2D eigenvalue weighted by Crippen LogP contribution is 2.26. The minimum absolute atomic E-state index is 0.214. The van der Waals surface area contributed by atoms with E-state index in [4.69, 9.17) is 11.6 Å². The van der Waals surface area contributed by atoms with Crippen molar-refractivity contribution in [1.29, 1.82) is 0 Å². The van der Waals surface area contributed by atoms with Gasteiger partial charge in [0, 0.05) is 43.6 Å². The van der Waals surface area contributed by atoms with Crippen LogP contribution in [0.1, 0.15) is 5.69 Å². The number of halogens is 2. The molecule has 4 rings (SSSR count). The van der Waals surface area contributed by atoms with Crippen LogP contribution in [0.4, 0.5) is 27.5 Å². The summed E-state index contributed by atoms with van der Waals surface area (Å²) in [7, 11) is 0. The first-order valence-corrected chi connectivity index (χ1v) is 9.59. The molecule has 28 heavy (non-hydrogen) atoms. The van der Waals surface area contributed by atoms with Gasteiger partial charge in [0.25, 0.3) is 0 Å². The van der Waals surface area contributed by atoms with Crippen molar-refractivity contribution in [2.24, 2.45) is 0 Å². The Balaban J connectivity index is 1.47. The minimum Gasteiger partial charge on any atom is -0.368 e. The van der Waals surface area contributed by atoms with Crippen LogP contribution in [0.25, 0.3) is 0 Å². The van der Waals surface area contributed by atoms with Gasteiger partial charge in [0.15, 0.2) is 0 Å². The fraction of sp³-hybridized carbons (Fsp3) is 0.238. The lowest BCUT2D eigenvalue weighted by Gasteiger charge is -2.36. The second-order valence-corrected chi connectivity index (χ2v) is 7.16. The molecule has 0 unspecified atom stereocenters. The third-order valence-electron chi connectivity index (χ3n) is 4.73. The molecule has 0 spiro atoms. The van der Waals surface area contributed by atoms with Gasteiger partial charge in [-0.25, -0.2) is 9.37 Å². The van der Waals surface area contributed by atoms with E-state index in [-0.39, 0.29) is 5.82 Å². The summed E-state index contributed by atoms with van der Waals surface area (Å²) in [5, 5.41) is 3.92. The molecule has 2 aromatic carbocycles. The molecule has 0 saturated carbocycles. The first-order valence-electron chi connectivity index (χ1n) is 9.21. The zero-order chi connectivity index (χ0) is 19.5. The molecule has 1 aliphatic heterocycles. The Morgan fingerprint density at radius 1 is 0.929 bits per heavy atom. The summed E-state index contributed by atoms with van der Waals surface area (Å²) in [4.78, 5) is 13.7. The molecule has 144 valence electrons. The number of nitrogens with zero attached hydrogens (tertiary/aromatic N) is 4. The van der Waals surface area contributed by atoms with Crippen molar-refractivity contribution < 1.29 is 4.39 Å². The van der Waals surface area contributed by atoms with E-state index in [1.807, 2.05) is 49.4 Å². The lowest BCUT2D eigenvalue weighted by atomic mass is 10.2. The summed E-state index contributed by atoms with van der Waals surface area (Å²) < 4.78 is 13.1. The Morgan fingerprint density at radius 3 is 2.32 bits per heavy atom. The van der Waals surface area contributed by atoms with Gasteiger partial charge >= 0.3 is 0 Å². The van der Waals surface area contributed by atoms with Gasteiger partial charge in [0.05, 0.1) is 10.7 Å². The average Bonchev–Trinajstić information content (AvgIpc) is 2.70. The molecule has 0 aliphatic carbocycles. The molecule has 0 atom stereocenters. The van der Waals surface area contributed by atoms with Gasteiger partial charge in [-0.3, -0.25) is 0 Å². The zero-order valence-electron chi connectivity index (χ0n) is 15.6. The number of benzene rings is 2. The fourth-order valence-corrected chi connectivity index (χ4v) is 3.46. The van der Waals surface area contributed by atoms with E-state index in [2.05, 4.69) is 25.1 Å². The van der Waals surface area contributed by atoms with Crippen LogP contribution in [0.5, 0.6) is 0 Å². The number of rotatable bonds is 4. The molecule has 0 bridgehead atoms. The van der Waals surface area contributed by atoms with Crippen molar-refractivity contribution in [3.63, 3.8) is 0 Å². The Labute approximate surface area is 168 Å². The Kier molecular flexibility index (Phi) is 5.30. The van der Waals surface area contributed by atoms with Crippen LogP contribution in [0.2, 0.25) is 5.02 Å². The smallest absolute Gasteiger partial charge is 0.227 e. The van der Waals surface area contributed by atoms with Crippen molar-refractivity contribution in [2.45, 2.75) is 6.92 Å². The van der Waals surface area contributed by atoms with E-state index < -0.39 is 0 Å². The lowest BCUT2D eigenvalue weighted by Crippen LogP contribution is -2.47. The predicted molar refractivity (Wildman–Crippen MR) is 112 cm³/mol. The molecule has 7 heteroatoms. The van der Waals surface area contributed by atoms with Crippen molar-refractivity contribution >= 4 is 34.7 Å². The number of nitrogens with one attached hydrogen (secondary N) is 1. The van der Waals surface area contributed by atoms with E-state index in [0.717, 1.165) is 49.1 Å². The Bertz CT molecular complexity index is 955. The summed E-state index contributed by atoms with van der Waals surface area (Å²) in [6.45, 7) is 5.21. The van der Waals surface area contributed by atoms with Crippen LogP contribution in [-0.4, -0.2) is 36.1 Å². The predicted octanol–water partition coefficient (Wildman–Crippen LogP) is 4.65. The molecule has 2 heterocycles. The molecule has 0 radical (unpaired) electrons. The normalized spacial score (nSPS) is 14.2. The monoisotopic (exact) mass is 397 g/mol. The average molecular weight is 398 g/mol. The zero-order valence-corrected chi connectivity index (χ0v) is 16.3. The summed E-state index contributed by atoms with van der Waals surface area (Å²) in [6, 6.07) is 16.1. The van der Waals surface area contributed by atoms with Crippen molar-refractivity contribution in [1.82, 2.24) is 9.97 Å². The molecule has 1 N–H and O–H groups in total. The molecule has 3 aromatic rings. The lowest BCUT2D eigenvalue weighted by molar-refractivity contribution is 0.623. The first-order chi connectivity index (χ1) is 13.6. The highest BCUT2D eigenvalue weighted by Gasteiger charge is 2.20. The van der Waals surface area contributed by atoms with Gasteiger partial charge in [-0.05, 0) is 43.3 Å². The maximum atomic E-state index is 13.1. The second-order valence-electron chi connectivity index (χ2n) is 6.75. The molecule has 1 saturated heterocycles. The largest absolute Gasteiger partial charge is 0.368 e. The van der Waals surface area contributed by atoms with Gasteiger partial charge in [0.2, 0.25) is 5.95 Å². The second kappa shape index (κ2) is 8.02. The molecular weight excluding hydrogens is 377 g/mol. The molecular formula is C21H21ClFN5. The van der Waals surface area contributed by atoms with Crippen LogP contribution in [-0.2, 0) is 0 Å². The van der Waals surface area contributed by atoms with E-state index in [9.17, 15) is 4.39 Å². The summed E-state index contributed by atoms with van der Waals surface area (Å²) in [5.41, 5.74) is 2.74.